The standard InChI is InChI=1S/C10H13ClN2OS/c1-6-5-15-9(8(6)11)10(14)13(2)7-3-12-4-7/h5,7,12H,3-4H2,1-2H3. The summed E-state index contributed by atoms with van der Waals surface area (Å²) < 4.78 is 0. The van der Waals surface area contributed by atoms with Gasteiger partial charge < -0.3 is 10.2 Å². The first kappa shape index (κ1) is 10.9. The van der Waals surface area contributed by atoms with E-state index in [1.165, 1.54) is 11.3 Å². The molecule has 0 unspecified atom stereocenters. The van der Waals surface area contributed by atoms with E-state index in [0.717, 1.165) is 18.7 Å². The Hall–Kier alpha value is -0.580. The number of nitrogens with one attached hydrogen (secondary N) is 1. The Bertz CT molecular complexity index is 387. The number of amides is 1. The van der Waals surface area contributed by atoms with Gasteiger partial charge >= 0.3 is 0 Å². The first-order valence-electron chi connectivity index (χ1n) is 4.82. The van der Waals surface area contributed by atoms with Crippen molar-refractivity contribution in [3.05, 3.63) is 20.8 Å². The quantitative estimate of drug-likeness (QED) is 0.860. The Morgan fingerprint density at radius 2 is 2.33 bits per heavy atom. The van der Waals surface area contributed by atoms with Gasteiger partial charge in [-0.05, 0) is 17.9 Å². The highest BCUT2D eigenvalue weighted by Crippen LogP contribution is 2.28. The smallest absolute Gasteiger partial charge is 0.265 e. The van der Waals surface area contributed by atoms with Crippen molar-refractivity contribution in [1.82, 2.24) is 10.2 Å². The van der Waals surface area contributed by atoms with Crippen LogP contribution in [0.1, 0.15) is 15.2 Å². The summed E-state index contributed by atoms with van der Waals surface area (Å²) in [4.78, 5) is 14.5. The topological polar surface area (TPSA) is 32.3 Å². The fraction of sp³-hybridized carbons (Fsp3) is 0.500. The molecule has 82 valence electrons. The zero-order chi connectivity index (χ0) is 11.0. The molecule has 0 bridgehead atoms. The third kappa shape index (κ3) is 1.89. The summed E-state index contributed by atoms with van der Waals surface area (Å²) in [5, 5.41) is 5.66. The van der Waals surface area contributed by atoms with Crippen LogP contribution in [0, 0.1) is 6.92 Å². The van der Waals surface area contributed by atoms with Gasteiger partial charge in [-0.15, -0.1) is 11.3 Å². The number of halogens is 1. The van der Waals surface area contributed by atoms with E-state index in [1.807, 2.05) is 19.4 Å². The van der Waals surface area contributed by atoms with Crippen LogP contribution in [0.15, 0.2) is 5.38 Å². The zero-order valence-corrected chi connectivity index (χ0v) is 10.3. The minimum absolute atomic E-state index is 0.0320. The van der Waals surface area contributed by atoms with Gasteiger partial charge in [-0.1, -0.05) is 11.6 Å². The van der Waals surface area contributed by atoms with Gasteiger partial charge in [0.2, 0.25) is 0 Å². The summed E-state index contributed by atoms with van der Waals surface area (Å²) in [6.07, 6.45) is 0. The molecular weight excluding hydrogens is 232 g/mol. The molecule has 0 spiro atoms. The fourth-order valence-corrected chi connectivity index (χ4v) is 2.70. The molecule has 1 aliphatic rings. The molecular formula is C10H13ClN2OS. The maximum absolute atomic E-state index is 12.0. The molecule has 1 aromatic rings. The van der Waals surface area contributed by atoms with E-state index in [0.29, 0.717) is 15.9 Å². The molecule has 0 aliphatic carbocycles. The summed E-state index contributed by atoms with van der Waals surface area (Å²) in [5.41, 5.74) is 0.977. The fourth-order valence-electron chi connectivity index (χ4n) is 1.45. The highest BCUT2D eigenvalue weighted by atomic mass is 35.5. The van der Waals surface area contributed by atoms with Crippen LogP contribution in [0.2, 0.25) is 5.02 Å². The Morgan fingerprint density at radius 3 is 2.73 bits per heavy atom. The van der Waals surface area contributed by atoms with E-state index in [9.17, 15) is 4.79 Å². The first-order valence-corrected chi connectivity index (χ1v) is 6.08. The molecule has 0 saturated carbocycles. The Labute approximate surface area is 98.0 Å². The van der Waals surface area contributed by atoms with Crippen LogP contribution in [0.3, 0.4) is 0 Å². The van der Waals surface area contributed by atoms with E-state index in [4.69, 9.17) is 11.6 Å². The van der Waals surface area contributed by atoms with Crippen molar-refractivity contribution in [2.24, 2.45) is 0 Å². The molecule has 2 rings (SSSR count). The van der Waals surface area contributed by atoms with Gasteiger partial charge in [0.05, 0.1) is 11.1 Å². The van der Waals surface area contributed by atoms with Gasteiger partial charge in [0, 0.05) is 20.1 Å². The van der Waals surface area contributed by atoms with Crippen LogP contribution >= 0.6 is 22.9 Å². The Kier molecular flexibility index (Phi) is 3.00. The van der Waals surface area contributed by atoms with Crippen molar-refractivity contribution in [2.45, 2.75) is 13.0 Å². The molecule has 0 atom stereocenters. The maximum Gasteiger partial charge on any atom is 0.265 e. The number of thiophene rings is 1. The number of rotatable bonds is 2. The summed E-state index contributed by atoms with van der Waals surface area (Å²) in [6, 6.07) is 0.316. The number of aryl methyl sites for hydroxylation is 1. The second-order valence-corrected chi connectivity index (χ2v) is 5.05. The van der Waals surface area contributed by atoms with Gasteiger partial charge in [-0.2, -0.15) is 0 Å². The molecule has 1 aromatic heterocycles. The van der Waals surface area contributed by atoms with Gasteiger partial charge in [-0.25, -0.2) is 0 Å². The number of hydrogen-bond acceptors (Lipinski definition) is 3. The second-order valence-electron chi connectivity index (χ2n) is 3.79. The molecule has 0 aromatic carbocycles. The van der Waals surface area contributed by atoms with Crippen molar-refractivity contribution in [2.75, 3.05) is 20.1 Å². The second kappa shape index (κ2) is 4.12. The lowest BCUT2D eigenvalue weighted by Gasteiger charge is -2.35. The van der Waals surface area contributed by atoms with Crippen LogP contribution in [-0.4, -0.2) is 37.0 Å². The van der Waals surface area contributed by atoms with Crippen molar-refractivity contribution < 1.29 is 4.79 Å². The summed E-state index contributed by atoms with van der Waals surface area (Å²) in [7, 11) is 1.83. The summed E-state index contributed by atoms with van der Waals surface area (Å²) >= 11 is 7.48. The van der Waals surface area contributed by atoms with Gasteiger partial charge in [0.25, 0.3) is 5.91 Å². The molecule has 1 amide bonds. The number of carbonyl (C=O) groups excluding carboxylic acids is 1. The van der Waals surface area contributed by atoms with Crippen molar-refractivity contribution in [3.63, 3.8) is 0 Å². The predicted molar refractivity (Wildman–Crippen MR) is 62.8 cm³/mol. The van der Waals surface area contributed by atoms with Crippen molar-refractivity contribution in [3.8, 4) is 0 Å². The Balaban J connectivity index is 2.16. The largest absolute Gasteiger partial charge is 0.335 e. The lowest BCUT2D eigenvalue weighted by atomic mass is 10.1. The normalized spacial score (nSPS) is 16.2. The number of carbonyl (C=O) groups is 1. The van der Waals surface area contributed by atoms with E-state index in [1.54, 1.807) is 4.90 Å². The average Bonchev–Trinajstić information content (AvgIpc) is 2.44. The van der Waals surface area contributed by atoms with Gasteiger partial charge in [0.1, 0.15) is 4.88 Å². The predicted octanol–water partition coefficient (Wildman–Crippen LogP) is 1.75. The zero-order valence-electron chi connectivity index (χ0n) is 8.71. The van der Waals surface area contributed by atoms with Crippen LogP contribution in [0.4, 0.5) is 0 Å². The lowest BCUT2D eigenvalue weighted by molar-refractivity contribution is 0.0686. The van der Waals surface area contributed by atoms with Crippen LogP contribution < -0.4 is 5.32 Å². The molecule has 2 heterocycles. The van der Waals surface area contributed by atoms with E-state index in [-0.39, 0.29) is 5.91 Å². The van der Waals surface area contributed by atoms with Crippen molar-refractivity contribution in [1.29, 1.82) is 0 Å². The molecule has 1 saturated heterocycles. The highest BCUT2D eigenvalue weighted by molar-refractivity contribution is 7.13. The van der Waals surface area contributed by atoms with Gasteiger partial charge in [0.15, 0.2) is 0 Å². The molecule has 15 heavy (non-hydrogen) atoms. The van der Waals surface area contributed by atoms with Crippen LogP contribution in [-0.2, 0) is 0 Å². The van der Waals surface area contributed by atoms with Crippen LogP contribution in [0.5, 0.6) is 0 Å². The van der Waals surface area contributed by atoms with E-state index in [2.05, 4.69) is 5.32 Å². The molecule has 1 fully saturated rings. The SMILES string of the molecule is Cc1csc(C(=O)N(C)C2CNC2)c1Cl. The van der Waals surface area contributed by atoms with Crippen molar-refractivity contribution >= 4 is 28.8 Å². The third-order valence-corrected chi connectivity index (χ3v) is 4.41. The molecule has 0 radical (unpaired) electrons. The minimum atomic E-state index is 0.0320. The lowest BCUT2D eigenvalue weighted by Crippen LogP contribution is -2.57. The molecule has 5 heteroatoms. The summed E-state index contributed by atoms with van der Waals surface area (Å²) in [5.74, 6) is 0.0320. The first-order chi connectivity index (χ1) is 7.11. The van der Waals surface area contributed by atoms with Gasteiger partial charge in [-0.3, -0.25) is 4.79 Å². The highest BCUT2D eigenvalue weighted by Gasteiger charge is 2.28. The molecule has 3 nitrogen and oxygen atoms in total. The Morgan fingerprint density at radius 1 is 1.67 bits per heavy atom. The monoisotopic (exact) mass is 244 g/mol. The van der Waals surface area contributed by atoms with E-state index < -0.39 is 0 Å². The van der Waals surface area contributed by atoms with E-state index >= 15 is 0 Å². The minimum Gasteiger partial charge on any atom is -0.335 e. The molecule has 1 aliphatic heterocycles. The average molecular weight is 245 g/mol. The maximum atomic E-state index is 12.0. The number of hydrogen-bond donors (Lipinski definition) is 1. The summed E-state index contributed by atoms with van der Waals surface area (Å²) in [6.45, 7) is 3.68. The third-order valence-electron chi connectivity index (χ3n) is 2.72. The number of nitrogens with zero attached hydrogens (tertiary/aromatic N) is 1. The van der Waals surface area contributed by atoms with Crippen LogP contribution in [0.25, 0.3) is 0 Å². The number of likely N-dealkylation sites (N-methyl/N-ethyl adjacent to an activating group) is 1. The molecule has 1 N–H and O–H groups in total.